The molecular formula is C12H16O7. The van der Waals surface area contributed by atoms with Crippen LogP contribution in [0.1, 0.15) is 12.8 Å². The fourth-order valence-electron chi connectivity index (χ4n) is 2.14. The molecule has 0 bridgehead atoms. The minimum absolute atomic E-state index is 0.339. The summed E-state index contributed by atoms with van der Waals surface area (Å²) in [5, 5.41) is 9.41. The van der Waals surface area contributed by atoms with Gasteiger partial charge < -0.3 is 24.1 Å². The zero-order valence-electron chi connectivity index (χ0n) is 10.7. The molecule has 1 heterocycles. The molecular weight excluding hydrogens is 256 g/mol. The second-order valence-corrected chi connectivity index (χ2v) is 4.40. The lowest BCUT2D eigenvalue weighted by molar-refractivity contribution is -0.172. The predicted octanol–water partition coefficient (Wildman–Crippen LogP) is -0.476. The summed E-state index contributed by atoms with van der Waals surface area (Å²) in [6.45, 7) is 0. The Labute approximate surface area is 110 Å². The number of aliphatic hydroxyl groups excluding tert-OH is 1. The van der Waals surface area contributed by atoms with Crippen LogP contribution in [0.25, 0.3) is 0 Å². The summed E-state index contributed by atoms with van der Waals surface area (Å²) in [5.41, 5.74) is 0. The number of rotatable bonds is 2. The van der Waals surface area contributed by atoms with Gasteiger partial charge in [-0.3, -0.25) is 0 Å². The number of aliphatic hydroxyl groups is 1. The van der Waals surface area contributed by atoms with Gasteiger partial charge in [-0.15, -0.1) is 0 Å². The zero-order chi connectivity index (χ0) is 14.0. The highest BCUT2D eigenvalue weighted by Gasteiger charge is 2.54. The van der Waals surface area contributed by atoms with Crippen LogP contribution in [0.2, 0.25) is 0 Å². The van der Waals surface area contributed by atoms with E-state index in [1.807, 2.05) is 0 Å². The maximum absolute atomic E-state index is 11.6. The van der Waals surface area contributed by atoms with E-state index >= 15 is 0 Å². The zero-order valence-corrected chi connectivity index (χ0v) is 10.7. The lowest BCUT2D eigenvalue weighted by Crippen LogP contribution is -2.38. The SMILES string of the molecule is COC(=O)[C@@H]1OC2(C=C[C@@H](O)CC2)O[C@H]1C(=O)OC. The Kier molecular flexibility index (Phi) is 3.88. The minimum atomic E-state index is -1.18. The first kappa shape index (κ1) is 14.0. The molecule has 2 aliphatic rings. The summed E-state index contributed by atoms with van der Waals surface area (Å²) in [6.07, 6.45) is 0.864. The molecule has 0 aromatic rings. The van der Waals surface area contributed by atoms with Crippen LogP contribution in [0.3, 0.4) is 0 Å². The van der Waals surface area contributed by atoms with E-state index < -0.39 is 36.0 Å². The smallest absolute Gasteiger partial charge is 0.338 e. The van der Waals surface area contributed by atoms with Gasteiger partial charge in [0.1, 0.15) is 0 Å². The lowest BCUT2D eigenvalue weighted by atomic mass is 10.00. The molecule has 0 unspecified atom stereocenters. The second kappa shape index (κ2) is 5.28. The molecule has 7 nitrogen and oxygen atoms in total. The van der Waals surface area contributed by atoms with Crippen LogP contribution in [0.15, 0.2) is 12.2 Å². The van der Waals surface area contributed by atoms with Gasteiger partial charge in [-0.05, 0) is 12.5 Å². The number of methoxy groups -OCH3 is 2. The van der Waals surface area contributed by atoms with E-state index in [1.54, 1.807) is 0 Å². The minimum Gasteiger partial charge on any atom is -0.467 e. The molecule has 1 N–H and O–H groups in total. The molecule has 0 aromatic heterocycles. The van der Waals surface area contributed by atoms with Crippen LogP contribution >= 0.6 is 0 Å². The maximum Gasteiger partial charge on any atom is 0.338 e. The van der Waals surface area contributed by atoms with E-state index in [1.165, 1.54) is 26.4 Å². The van der Waals surface area contributed by atoms with E-state index in [2.05, 4.69) is 9.47 Å². The second-order valence-electron chi connectivity index (χ2n) is 4.40. The van der Waals surface area contributed by atoms with Gasteiger partial charge in [0, 0.05) is 6.42 Å². The summed E-state index contributed by atoms with van der Waals surface area (Å²) in [6, 6.07) is 0. The van der Waals surface area contributed by atoms with Crippen molar-refractivity contribution in [2.45, 2.75) is 36.9 Å². The molecule has 0 radical (unpaired) electrons. The highest BCUT2D eigenvalue weighted by molar-refractivity contribution is 5.86. The molecule has 7 heteroatoms. The van der Waals surface area contributed by atoms with E-state index in [0.29, 0.717) is 12.8 Å². The standard InChI is InChI=1S/C12H16O7/c1-16-10(14)8-9(11(15)17-2)19-12(18-8)5-3-7(13)4-6-12/h3,5,7-9,13H,4,6H2,1-2H3/t7-,8-,9-/m1/s1. The number of ether oxygens (including phenoxy) is 4. The van der Waals surface area contributed by atoms with Gasteiger partial charge in [0.25, 0.3) is 0 Å². The normalized spacial score (nSPS) is 32.3. The number of esters is 2. The van der Waals surface area contributed by atoms with Crippen molar-refractivity contribution >= 4 is 11.9 Å². The molecule has 1 aliphatic heterocycles. The predicted molar refractivity (Wildman–Crippen MR) is 60.9 cm³/mol. The Morgan fingerprint density at radius 1 is 1.21 bits per heavy atom. The van der Waals surface area contributed by atoms with Crippen molar-refractivity contribution in [2.75, 3.05) is 14.2 Å². The third-order valence-electron chi connectivity index (χ3n) is 3.16. The molecule has 3 atom stereocenters. The molecule has 0 aromatic carbocycles. The van der Waals surface area contributed by atoms with Gasteiger partial charge >= 0.3 is 11.9 Å². The van der Waals surface area contributed by atoms with Crippen molar-refractivity contribution in [1.29, 1.82) is 0 Å². The summed E-state index contributed by atoms with van der Waals surface area (Å²) in [5.74, 6) is -2.59. The van der Waals surface area contributed by atoms with Crippen LogP contribution < -0.4 is 0 Å². The first-order chi connectivity index (χ1) is 9.01. The molecule has 19 heavy (non-hydrogen) atoms. The van der Waals surface area contributed by atoms with Gasteiger partial charge in [0.2, 0.25) is 0 Å². The third-order valence-corrected chi connectivity index (χ3v) is 3.16. The number of hydrogen-bond acceptors (Lipinski definition) is 7. The van der Waals surface area contributed by atoms with Crippen LogP contribution in [0.5, 0.6) is 0 Å². The van der Waals surface area contributed by atoms with Crippen LogP contribution in [-0.4, -0.2) is 55.4 Å². The fraction of sp³-hybridized carbons (Fsp3) is 0.667. The summed E-state index contributed by atoms with van der Waals surface area (Å²) < 4.78 is 20.2. The molecule has 0 amide bonds. The van der Waals surface area contributed by atoms with Crippen molar-refractivity contribution in [1.82, 2.24) is 0 Å². The van der Waals surface area contributed by atoms with Gasteiger partial charge in [0.05, 0.1) is 20.3 Å². The van der Waals surface area contributed by atoms with Crippen molar-refractivity contribution < 1.29 is 33.6 Å². The largest absolute Gasteiger partial charge is 0.467 e. The average molecular weight is 272 g/mol. The summed E-state index contributed by atoms with van der Waals surface area (Å²) in [7, 11) is 2.40. The van der Waals surface area contributed by atoms with Crippen molar-refractivity contribution in [3.8, 4) is 0 Å². The number of carbonyl (C=O) groups excluding carboxylic acids is 2. The molecule has 2 rings (SSSR count). The Balaban J connectivity index is 2.22. The Morgan fingerprint density at radius 2 is 1.74 bits per heavy atom. The Hall–Kier alpha value is -1.44. The van der Waals surface area contributed by atoms with E-state index in [0.717, 1.165) is 0 Å². The molecule has 1 fully saturated rings. The first-order valence-corrected chi connectivity index (χ1v) is 5.90. The van der Waals surface area contributed by atoms with E-state index in [9.17, 15) is 14.7 Å². The van der Waals surface area contributed by atoms with Gasteiger partial charge in [-0.25, -0.2) is 9.59 Å². The molecule has 0 saturated carbocycles. The number of hydrogen-bond donors (Lipinski definition) is 1. The summed E-state index contributed by atoms with van der Waals surface area (Å²) in [4.78, 5) is 23.3. The van der Waals surface area contributed by atoms with Crippen molar-refractivity contribution in [3.63, 3.8) is 0 Å². The highest BCUT2D eigenvalue weighted by atomic mass is 16.8. The first-order valence-electron chi connectivity index (χ1n) is 5.90. The molecule has 106 valence electrons. The summed E-state index contributed by atoms with van der Waals surface area (Å²) >= 11 is 0. The Morgan fingerprint density at radius 3 is 2.11 bits per heavy atom. The van der Waals surface area contributed by atoms with Crippen LogP contribution in [-0.2, 0) is 28.5 Å². The van der Waals surface area contributed by atoms with Crippen LogP contribution in [0.4, 0.5) is 0 Å². The van der Waals surface area contributed by atoms with Crippen LogP contribution in [0, 0.1) is 0 Å². The topological polar surface area (TPSA) is 91.3 Å². The number of carbonyl (C=O) groups is 2. The van der Waals surface area contributed by atoms with Gasteiger partial charge in [-0.1, -0.05) is 6.08 Å². The fourth-order valence-corrected chi connectivity index (χ4v) is 2.14. The highest BCUT2D eigenvalue weighted by Crippen LogP contribution is 2.37. The van der Waals surface area contributed by atoms with E-state index in [4.69, 9.17) is 9.47 Å². The maximum atomic E-state index is 11.6. The third kappa shape index (κ3) is 2.63. The average Bonchev–Trinajstić information content (AvgIpc) is 2.80. The quantitative estimate of drug-likeness (QED) is 0.536. The van der Waals surface area contributed by atoms with Gasteiger partial charge in [0.15, 0.2) is 18.0 Å². The molecule has 1 saturated heterocycles. The van der Waals surface area contributed by atoms with Crippen molar-refractivity contribution in [2.24, 2.45) is 0 Å². The molecule has 1 aliphatic carbocycles. The van der Waals surface area contributed by atoms with E-state index in [-0.39, 0.29) is 0 Å². The Bertz CT molecular complexity index is 379. The lowest BCUT2D eigenvalue weighted by Gasteiger charge is -2.28. The molecule has 1 spiro atoms. The monoisotopic (exact) mass is 272 g/mol. The van der Waals surface area contributed by atoms with Crippen molar-refractivity contribution in [3.05, 3.63) is 12.2 Å². The van der Waals surface area contributed by atoms with Gasteiger partial charge in [-0.2, -0.15) is 0 Å².